The molecular formula is C18H26N12. The van der Waals surface area contributed by atoms with Crippen LogP contribution < -0.4 is 34.2 Å². The highest BCUT2D eigenvalue weighted by atomic mass is 15.3. The van der Waals surface area contributed by atoms with Crippen LogP contribution in [0.2, 0.25) is 0 Å². The first-order valence-corrected chi connectivity index (χ1v) is 8.84. The van der Waals surface area contributed by atoms with Gasteiger partial charge in [-0.2, -0.15) is 15.2 Å². The molecule has 1 heterocycles. The predicted molar refractivity (Wildman–Crippen MR) is 120 cm³/mol. The van der Waals surface area contributed by atoms with Gasteiger partial charge in [0.05, 0.1) is 17.1 Å². The Hall–Kier alpha value is -4.22. The lowest BCUT2D eigenvalue weighted by atomic mass is 10.0. The number of hydrogen-bond acceptors (Lipinski definition) is 7. The zero-order valence-corrected chi connectivity index (χ0v) is 17.3. The molecule has 0 bridgehead atoms. The molecule has 0 aliphatic rings. The van der Waals surface area contributed by atoms with Crippen LogP contribution in [0.3, 0.4) is 0 Å². The smallest absolute Gasteiger partial charge is 0.211 e. The second-order valence-corrected chi connectivity index (χ2v) is 6.47. The van der Waals surface area contributed by atoms with E-state index in [0.717, 1.165) is 16.8 Å². The van der Waals surface area contributed by atoms with E-state index in [2.05, 4.69) is 30.4 Å². The van der Waals surface area contributed by atoms with Crippen molar-refractivity contribution in [3.63, 3.8) is 0 Å². The van der Waals surface area contributed by atoms with Gasteiger partial charge in [-0.15, -0.1) is 10.2 Å². The summed E-state index contributed by atoms with van der Waals surface area (Å²) >= 11 is 0. The molecule has 2 aromatic rings. The van der Waals surface area contributed by atoms with Crippen LogP contribution in [0.25, 0.3) is 0 Å². The van der Waals surface area contributed by atoms with Crippen molar-refractivity contribution in [2.24, 2.45) is 55.4 Å². The lowest BCUT2D eigenvalue weighted by Crippen LogP contribution is -2.22. The van der Waals surface area contributed by atoms with Gasteiger partial charge in [0.2, 0.25) is 17.9 Å². The Bertz CT molecular complexity index is 1050. The van der Waals surface area contributed by atoms with Crippen LogP contribution in [0.4, 0.5) is 11.6 Å². The molecule has 1 aromatic heterocycles. The second kappa shape index (κ2) is 9.32. The van der Waals surface area contributed by atoms with Gasteiger partial charge >= 0.3 is 0 Å². The van der Waals surface area contributed by atoms with Crippen molar-refractivity contribution < 1.29 is 0 Å². The van der Waals surface area contributed by atoms with E-state index < -0.39 is 0 Å². The first-order valence-electron chi connectivity index (χ1n) is 8.84. The highest BCUT2D eigenvalue weighted by Crippen LogP contribution is 2.19. The Morgan fingerprint density at radius 2 is 1.33 bits per heavy atom. The molecule has 0 aliphatic heterocycles. The van der Waals surface area contributed by atoms with Gasteiger partial charge in [0.25, 0.3) is 0 Å². The number of anilines is 1. The van der Waals surface area contributed by atoms with E-state index in [4.69, 9.17) is 28.7 Å². The Balaban J connectivity index is 2.69. The molecule has 0 saturated heterocycles. The summed E-state index contributed by atoms with van der Waals surface area (Å²) in [5.41, 5.74) is 31.9. The standard InChI is InChI=1S/C18H26N12/c1-9-5-15(25-18(23)30(9)4)24-14-7-12(10(2)26-28-16(19)20)6-13(8-14)11(3)27-29-17(21)22/h5-8H,1-4H3,(H4,19,20,28)(H4,21,22,29)(H2,23,24,25)/b26-10+,27-11+. The van der Waals surface area contributed by atoms with Crippen molar-refractivity contribution in [1.29, 1.82) is 0 Å². The highest BCUT2D eigenvalue weighted by molar-refractivity contribution is 6.05. The molecule has 30 heavy (non-hydrogen) atoms. The van der Waals surface area contributed by atoms with Gasteiger partial charge in [-0.25, -0.2) is 4.99 Å². The molecule has 0 saturated carbocycles. The molecule has 10 N–H and O–H groups in total. The summed E-state index contributed by atoms with van der Waals surface area (Å²) in [7, 11) is 1.83. The molecule has 2 rings (SSSR count). The molecular weight excluding hydrogens is 384 g/mol. The van der Waals surface area contributed by atoms with Crippen LogP contribution >= 0.6 is 0 Å². The minimum Gasteiger partial charge on any atom is -0.369 e. The number of guanidine groups is 2. The fourth-order valence-corrected chi connectivity index (χ4v) is 2.35. The maximum absolute atomic E-state index is 5.94. The molecule has 0 aliphatic carbocycles. The van der Waals surface area contributed by atoms with Gasteiger partial charge < -0.3 is 33.2 Å². The van der Waals surface area contributed by atoms with Crippen molar-refractivity contribution in [2.45, 2.75) is 20.8 Å². The summed E-state index contributed by atoms with van der Waals surface area (Å²) < 4.78 is 1.76. The van der Waals surface area contributed by atoms with E-state index in [1.54, 1.807) is 18.4 Å². The number of aryl methyl sites for hydroxylation is 1. The van der Waals surface area contributed by atoms with Crippen molar-refractivity contribution in [1.82, 2.24) is 9.55 Å². The predicted octanol–water partition coefficient (Wildman–Crippen LogP) is -0.462. The fourth-order valence-electron chi connectivity index (χ4n) is 2.35. The van der Waals surface area contributed by atoms with Gasteiger partial charge in [-0.1, -0.05) is 0 Å². The molecule has 0 fully saturated rings. The number of hydrogen-bond donors (Lipinski definition) is 5. The van der Waals surface area contributed by atoms with Crippen molar-refractivity contribution in [3.05, 3.63) is 46.6 Å². The van der Waals surface area contributed by atoms with Crippen molar-refractivity contribution in [2.75, 3.05) is 5.73 Å². The van der Waals surface area contributed by atoms with E-state index >= 15 is 0 Å². The topological polar surface area (TPSA) is 210 Å². The largest absolute Gasteiger partial charge is 0.369 e. The third kappa shape index (κ3) is 5.89. The number of nitrogens with zero attached hydrogens (tertiary/aromatic N) is 7. The lowest BCUT2D eigenvalue weighted by Gasteiger charge is -2.08. The average molecular weight is 410 g/mol. The Morgan fingerprint density at radius 1 is 0.833 bits per heavy atom. The third-order valence-electron chi connectivity index (χ3n) is 4.07. The van der Waals surface area contributed by atoms with Crippen LogP contribution in [0, 0.1) is 6.92 Å². The fraction of sp³-hybridized carbons (Fsp3) is 0.222. The van der Waals surface area contributed by atoms with Crippen molar-refractivity contribution in [3.8, 4) is 0 Å². The van der Waals surface area contributed by atoms with Crippen molar-refractivity contribution >= 4 is 35.0 Å². The molecule has 0 spiro atoms. The second-order valence-electron chi connectivity index (χ2n) is 6.47. The molecule has 0 unspecified atom stereocenters. The normalized spacial score (nSPS) is 12.6. The summed E-state index contributed by atoms with van der Waals surface area (Å²) in [6, 6.07) is 7.31. The molecule has 0 atom stereocenters. The molecule has 12 heteroatoms. The van der Waals surface area contributed by atoms with E-state index in [1.165, 1.54) is 0 Å². The quantitative estimate of drug-likeness (QED) is 0.250. The summed E-state index contributed by atoms with van der Waals surface area (Å²) in [5, 5.41) is 15.4. The number of rotatable bonds is 5. The molecule has 12 nitrogen and oxygen atoms in total. The van der Waals surface area contributed by atoms with E-state index in [-0.39, 0.29) is 11.9 Å². The van der Waals surface area contributed by atoms with Gasteiger partial charge in [0, 0.05) is 29.9 Å². The highest BCUT2D eigenvalue weighted by Gasteiger charge is 2.07. The van der Waals surface area contributed by atoms with E-state index in [0.29, 0.717) is 28.5 Å². The number of aromatic nitrogens is 2. The summed E-state index contributed by atoms with van der Waals surface area (Å²) in [6.45, 7) is 5.44. The summed E-state index contributed by atoms with van der Waals surface area (Å²) in [4.78, 5) is 8.90. The van der Waals surface area contributed by atoms with Crippen LogP contribution in [0.15, 0.2) is 49.7 Å². The van der Waals surface area contributed by atoms with Gasteiger partial charge in [0.1, 0.15) is 0 Å². The Labute approximate surface area is 173 Å². The minimum atomic E-state index is -0.145. The van der Waals surface area contributed by atoms with Gasteiger partial charge in [-0.05, 0) is 39.0 Å². The van der Waals surface area contributed by atoms with Gasteiger partial charge in [-0.3, -0.25) is 0 Å². The maximum Gasteiger partial charge on any atom is 0.211 e. The van der Waals surface area contributed by atoms with Crippen LogP contribution in [0.5, 0.6) is 0 Å². The first kappa shape index (κ1) is 22.1. The molecule has 1 aromatic carbocycles. The number of nitrogens with two attached hydrogens (primary N) is 5. The van der Waals surface area contributed by atoms with Crippen LogP contribution in [-0.2, 0) is 7.05 Å². The number of benzene rings is 1. The first-order chi connectivity index (χ1) is 14.1. The molecule has 158 valence electrons. The maximum atomic E-state index is 5.94. The molecule has 0 amide bonds. The monoisotopic (exact) mass is 410 g/mol. The zero-order valence-electron chi connectivity index (χ0n) is 17.3. The van der Waals surface area contributed by atoms with Crippen LogP contribution in [-0.4, -0.2) is 32.9 Å². The van der Waals surface area contributed by atoms with Crippen LogP contribution in [0.1, 0.15) is 30.7 Å². The lowest BCUT2D eigenvalue weighted by molar-refractivity contribution is 0.825. The van der Waals surface area contributed by atoms with E-state index in [1.807, 2.05) is 38.2 Å². The van der Waals surface area contributed by atoms with Gasteiger partial charge in [0.15, 0.2) is 5.49 Å². The molecule has 0 radical (unpaired) electrons. The zero-order chi connectivity index (χ0) is 22.4. The Kier molecular flexibility index (Phi) is 6.86. The summed E-state index contributed by atoms with van der Waals surface area (Å²) in [6.07, 6.45) is 0. The summed E-state index contributed by atoms with van der Waals surface area (Å²) in [5.74, 6) is 0.0579. The Morgan fingerprint density at radius 3 is 1.77 bits per heavy atom. The number of nitrogen functional groups attached to an aromatic ring is 1. The van der Waals surface area contributed by atoms with E-state index in [9.17, 15) is 0 Å². The minimum absolute atomic E-state index is 0.145. The SMILES string of the molecule is C/C(=N\N=C(N)N)c1cc(N=c2cc(C)n(C)c(N)n2)cc(/C(C)=N/N=C(N)N)c1. The third-order valence-corrected chi connectivity index (χ3v) is 4.07. The average Bonchev–Trinajstić information content (AvgIpc) is 2.67.